The van der Waals surface area contributed by atoms with E-state index >= 15 is 0 Å². The standard InChI is InChI=1S/C49H57FN8O8/c1-4-31-36(54-44(62)40(31)50)25-66-46-41-33(20-34(42(51)60)45(56-41)65-3)28(23-52-46)13-12-26-8-10-27(11-9-26)24-57(2)30-16-18-49(19-17-30)21-29(22-49)53-35-7-5-6-32-39(35)48(64)58(47(32)63)37-14-15-38(59)55-43(37)61/h5-7,20,23,26-27,29-31,36-37,40,53H,4,8-11,14-19,21-22,24-25H2,1-3H3,(H2,51,60)(H,54,62)(H,55,59,61)/t26?,27?,29?,30?,31-,36?,37?,40-,49?/m0/s1. The van der Waals surface area contributed by atoms with Gasteiger partial charge in [-0.2, -0.15) is 0 Å². The molecule has 3 aromatic rings. The van der Waals surface area contributed by atoms with E-state index in [1.807, 2.05) is 13.0 Å². The van der Waals surface area contributed by atoms with Gasteiger partial charge in [-0.3, -0.25) is 39.0 Å². The van der Waals surface area contributed by atoms with E-state index < -0.39 is 59.6 Å². The Balaban J connectivity index is 0.763. The third kappa shape index (κ3) is 8.55. The summed E-state index contributed by atoms with van der Waals surface area (Å²) in [6.07, 6.45) is 11.3. The lowest BCUT2D eigenvalue weighted by Gasteiger charge is -2.53. The minimum atomic E-state index is -1.60. The van der Waals surface area contributed by atoms with Gasteiger partial charge < -0.3 is 30.7 Å². The minimum Gasteiger partial charge on any atom is -0.480 e. The van der Waals surface area contributed by atoms with Crippen LogP contribution in [0.4, 0.5) is 10.1 Å². The number of methoxy groups -OCH3 is 1. The van der Waals surface area contributed by atoms with Gasteiger partial charge in [-0.1, -0.05) is 24.8 Å². The van der Waals surface area contributed by atoms with Crippen LogP contribution in [0.15, 0.2) is 30.5 Å². The number of carbonyl (C=O) groups excluding carboxylic acids is 6. The molecule has 0 radical (unpaired) electrons. The molecule has 5 fully saturated rings. The summed E-state index contributed by atoms with van der Waals surface area (Å²) in [6.45, 7) is 2.85. The molecule has 2 unspecified atom stereocenters. The first-order valence-electron chi connectivity index (χ1n) is 23.3. The zero-order chi connectivity index (χ0) is 46.4. The van der Waals surface area contributed by atoms with E-state index in [2.05, 4.69) is 49.7 Å². The number of amides is 6. The lowest BCUT2D eigenvalue weighted by molar-refractivity contribution is -0.136. The third-order valence-electron chi connectivity index (χ3n) is 15.2. The van der Waals surface area contributed by atoms with Crippen LogP contribution in [0.5, 0.6) is 11.8 Å². The molecule has 0 bridgehead atoms. The number of nitrogens with two attached hydrogens (primary N) is 1. The molecular formula is C49H57FN8O8. The van der Waals surface area contributed by atoms with Gasteiger partial charge in [0.1, 0.15) is 23.7 Å². The highest BCUT2D eigenvalue weighted by Crippen LogP contribution is 2.53. The molecule has 3 aliphatic heterocycles. The summed E-state index contributed by atoms with van der Waals surface area (Å²) in [4.78, 5) is 88.2. The summed E-state index contributed by atoms with van der Waals surface area (Å²) < 4.78 is 25.9. The van der Waals surface area contributed by atoms with E-state index in [1.54, 1.807) is 24.4 Å². The van der Waals surface area contributed by atoms with Crippen molar-refractivity contribution in [1.29, 1.82) is 0 Å². The molecule has 3 saturated carbocycles. The quantitative estimate of drug-likeness (QED) is 0.144. The van der Waals surface area contributed by atoms with Crippen LogP contribution in [0, 0.1) is 35.0 Å². The van der Waals surface area contributed by atoms with E-state index in [1.165, 1.54) is 7.11 Å². The predicted molar refractivity (Wildman–Crippen MR) is 240 cm³/mol. The van der Waals surface area contributed by atoms with Crippen LogP contribution in [0.1, 0.15) is 127 Å². The first-order chi connectivity index (χ1) is 31.8. The molecule has 5 N–H and O–H groups in total. The number of pyridine rings is 2. The van der Waals surface area contributed by atoms with Crippen molar-refractivity contribution < 1.29 is 42.6 Å². The first-order valence-corrected chi connectivity index (χ1v) is 23.3. The highest BCUT2D eigenvalue weighted by molar-refractivity contribution is 6.25. The molecule has 66 heavy (non-hydrogen) atoms. The molecule has 16 nitrogen and oxygen atoms in total. The number of fused-ring (bicyclic) bond motifs is 2. The fourth-order valence-electron chi connectivity index (χ4n) is 11.5. The van der Waals surface area contributed by atoms with E-state index in [0.717, 1.165) is 75.7 Å². The van der Waals surface area contributed by atoms with Crippen LogP contribution in [-0.4, -0.2) is 113 Å². The Kier molecular flexibility index (Phi) is 12.5. The third-order valence-corrected chi connectivity index (χ3v) is 15.2. The number of nitrogens with one attached hydrogen (secondary N) is 3. The van der Waals surface area contributed by atoms with Crippen molar-refractivity contribution in [2.45, 2.75) is 121 Å². The molecule has 5 heterocycles. The van der Waals surface area contributed by atoms with Crippen LogP contribution in [0.3, 0.4) is 0 Å². The average Bonchev–Trinajstić information content (AvgIpc) is 3.72. The number of benzene rings is 1. The molecular weight excluding hydrogens is 848 g/mol. The van der Waals surface area contributed by atoms with Crippen LogP contribution in [0.25, 0.3) is 10.9 Å². The summed E-state index contributed by atoms with van der Waals surface area (Å²) >= 11 is 0. The molecule has 2 saturated heterocycles. The number of aromatic nitrogens is 2. The number of carbonyl (C=O) groups is 6. The maximum atomic E-state index is 14.5. The lowest BCUT2D eigenvalue weighted by atomic mass is 9.57. The number of hydrogen-bond acceptors (Lipinski definition) is 12. The van der Waals surface area contributed by atoms with E-state index in [0.29, 0.717) is 46.1 Å². The summed E-state index contributed by atoms with van der Waals surface area (Å²) in [5.74, 6) is 3.83. The summed E-state index contributed by atoms with van der Waals surface area (Å²) in [5.41, 5.74) is 8.16. The number of piperidine rings is 1. The molecule has 3 aliphatic carbocycles. The second-order valence-corrected chi connectivity index (χ2v) is 19.3. The number of rotatable bonds is 12. The largest absolute Gasteiger partial charge is 0.480 e. The van der Waals surface area contributed by atoms with Crippen LogP contribution >= 0.6 is 0 Å². The van der Waals surface area contributed by atoms with Crippen LogP contribution in [0.2, 0.25) is 0 Å². The summed E-state index contributed by atoms with van der Waals surface area (Å²) in [6, 6.07) is 6.00. The zero-order valence-electron chi connectivity index (χ0n) is 37.6. The van der Waals surface area contributed by atoms with Gasteiger partial charge in [-0.15, -0.1) is 0 Å². The second kappa shape index (κ2) is 18.3. The van der Waals surface area contributed by atoms with Crippen molar-refractivity contribution in [2.24, 2.45) is 28.9 Å². The van der Waals surface area contributed by atoms with Gasteiger partial charge in [-0.25, -0.2) is 14.4 Å². The normalized spacial score (nSPS) is 29.5. The second-order valence-electron chi connectivity index (χ2n) is 19.3. The Morgan fingerprint density at radius 1 is 1.03 bits per heavy atom. The Hall–Kier alpha value is -6.15. The molecule has 9 rings (SSSR count). The van der Waals surface area contributed by atoms with Gasteiger partial charge in [0.2, 0.25) is 23.6 Å². The molecule has 348 valence electrons. The number of anilines is 1. The van der Waals surface area contributed by atoms with Crippen molar-refractivity contribution in [3.63, 3.8) is 0 Å². The molecule has 6 aliphatic rings. The average molecular weight is 905 g/mol. The minimum absolute atomic E-state index is 0.0112. The van der Waals surface area contributed by atoms with E-state index in [4.69, 9.17) is 15.2 Å². The maximum absolute atomic E-state index is 14.5. The number of alkyl halides is 1. The van der Waals surface area contributed by atoms with Gasteiger partial charge in [0.25, 0.3) is 23.6 Å². The highest BCUT2D eigenvalue weighted by Gasteiger charge is 2.49. The number of ether oxygens (including phenoxy) is 2. The number of primary amides is 1. The number of nitrogens with zero attached hydrogens (tertiary/aromatic N) is 4. The van der Waals surface area contributed by atoms with Crippen molar-refractivity contribution in [3.05, 3.63) is 52.7 Å². The maximum Gasteiger partial charge on any atom is 0.264 e. The molecule has 4 atom stereocenters. The van der Waals surface area contributed by atoms with Crippen LogP contribution in [-0.2, 0) is 14.4 Å². The number of imide groups is 2. The summed E-state index contributed by atoms with van der Waals surface area (Å²) in [7, 11) is 3.64. The van der Waals surface area contributed by atoms with Gasteiger partial charge in [0.05, 0.1) is 29.8 Å². The number of halogens is 1. The monoisotopic (exact) mass is 904 g/mol. The van der Waals surface area contributed by atoms with Gasteiger partial charge >= 0.3 is 0 Å². The van der Waals surface area contributed by atoms with Crippen LogP contribution < -0.4 is 31.2 Å². The summed E-state index contributed by atoms with van der Waals surface area (Å²) in [5, 5.41) is 9.02. The SMILES string of the molecule is CC[C@H]1C(COc2ncc(C#CC3CCC(CN(C)C4CCC5(CC4)CC(Nc4cccc6c4C(=O)N(C4CCC(=O)NC4=O)C6=O)C5)CC3)c3cc(C(N)=O)c(OC)nc23)NC(=O)[C@H]1F. The van der Waals surface area contributed by atoms with Crippen molar-refractivity contribution in [2.75, 3.05) is 32.6 Å². The fraction of sp³-hybridized carbons (Fsp3) is 0.551. The molecule has 2 aromatic heterocycles. The molecule has 17 heteroatoms. The molecule has 1 aromatic carbocycles. The Labute approximate surface area is 382 Å². The van der Waals surface area contributed by atoms with Crippen molar-refractivity contribution in [3.8, 4) is 23.6 Å². The van der Waals surface area contributed by atoms with Gasteiger partial charge in [-0.05, 0) is 114 Å². The Morgan fingerprint density at radius 3 is 2.48 bits per heavy atom. The van der Waals surface area contributed by atoms with Crippen molar-refractivity contribution in [1.82, 2.24) is 30.4 Å². The molecule has 1 spiro atoms. The van der Waals surface area contributed by atoms with Gasteiger partial charge in [0, 0.05) is 54.2 Å². The number of hydrogen-bond donors (Lipinski definition) is 4. The predicted octanol–water partition coefficient (Wildman–Crippen LogP) is 4.67. The Morgan fingerprint density at radius 2 is 1.79 bits per heavy atom. The zero-order valence-corrected chi connectivity index (χ0v) is 37.6. The fourth-order valence-corrected chi connectivity index (χ4v) is 11.5. The topological polar surface area (TPSA) is 215 Å². The van der Waals surface area contributed by atoms with Gasteiger partial charge in [0.15, 0.2) is 6.17 Å². The Bertz CT molecular complexity index is 2530. The van der Waals surface area contributed by atoms with E-state index in [-0.39, 0.29) is 59.7 Å². The highest BCUT2D eigenvalue weighted by atomic mass is 19.1. The molecule has 6 amide bonds. The van der Waals surface area contributed by atoms with Crippen molar-refractivity contribution >= 4 is 52.0 Å². The first kappa shape index (κ1) is 45.0. The lowest BCUT2D eigenvalue weighted by Crippen LogP contribution is -2.54. The smallest absolute Gasteiger partial charge is 0.264 e. The van der Waals surface area contributed by atoms with E-state index in [9.17, 15) is 33.2 Å².